The molecule has 7 heteroatoms. The second-order valence-corrected chi connectivity index (χ2v) is 5.55. The fourth-order valence-electron chi connectivity index (χ4n) is 2.12. The molecule has 0 heterocycles. The molecule has 1 amide bonds. The molecule has 0 aliphatic carbocycles. The van der Waals surface area contributed by atoms with E-state index in [0.717, 1.165) is 0 Å². The molecule has 1 aromatic rings. The summed E-state index contributed by atoms with van der Waals surface area (Å²) in [6.07, 6.45) is 0. The molecule has 6 nitrogen and oxygen atoms in total. The van der Waals surface area contributed by atoms with Crippen molar-refractivity contribution in [3.8, 4) is 5.75 Å². The topological polar surface area (TPSA) is 72.7 Å². The molecule has 1 aromatic carbocycles. The summed E-state index contributed by atoms with van der Waals surface area (Å²) in [6, 6.07) is 4.15. The molecule has 0 aliphatic rings. The fraction of sp³-hybridized carbons (Fsp3) is 0.500. The van der Waals surface area contributed by atoms with Gasteiger partial charge in [-0.15, -0.1) is 0 Å². The van der Waals surface area contributed by atoms with Crippen LogP contribution < -0.4 is 4.74 Å². The normalized spacial score (nSPS) is 10.8. The first-order valence-corrected chi connectivity index (χ1v) is 6.99. The molecule has 0 aromatic heterocycles. The number of ether oxygens (including phenoxy) is 1. The Morgan fingerprint density at radius 3 is 2.33 bits per heavy atom. The van der Waals surface area contributed by atoms with Crippen molar-refractivity contribution in [2.75, 3.05) is 6.61 Å². The Labute approximate surface area is 128 Å². The highest BCUT2D eigenvalue weighted by Gasteiger charge is 2.20. The van der Waals surface area contributed by atoms with Gasteiger partial charge in [0.15, 0.2) is 6.61 Å². The van der Waals surface area contributed by atoms with Gasteiger partial charge >= 0.3 is 0 Å². The summed E-state index contributed by atoms with van der Waals surface area (Å²) in [5, 5.41) is 10.6. The number of nitro benzene ring substituents is 1. The van der Waals surface area contributed by atoms with Gasteiger partial charge in [-0.2, -0.15) is 0 Å². The average Bonchev–Trinajstić information content (AvgIpc) is 2.35. The molecule has 21 heavy (non-hydrogen) atoms. The van der Waals surface area contributed by atoms with E-state index in [2.05, 4.69) is 0 Å². The molecular formula is C14H19ClN2O4. The Morgan fingerprint density at radius 2 is 1.90 bits per heavy atom. The van der Waals surface area contributed by atoms with Gasteiger partial charge in [-0.25, -0.2) is 0 Å². The number of hydrogen-bond donors (Lipinski definition) is 0. The molecule has 0 saturated carbocycles. The van der Waals surface area contributed by atoms with E-state index >= 15 is 0 Å². The van der Waals surface area contributed by atoms with Crippen LogP contribution in [0.3, 0.4) is 0 Å². The van der Waals surface area contributed by atoms with Crippen LogP contribution in [-0.2, 0) is 4.79 Å². The van der Waals surface area contributed by atoms with Gasteiger partial charge in [-0.1, -0.05) is 11.6 Å². The fourth-order valence-corrected chi connectivity index (χ4v) is 2.36. The van der Waals surface area contributed by atoms with E-state index < -0.39 is 4.92 Å². The first kappa shape index (κ1) is 17.2. The van der Waals surface area contributed by atoms with Crippen LogP contribution in [-0.4, -0.2) is 34.4 Å². The lowest BCUT2D eigenvalue weighted by atomic mass is 10.2. The van der Waals surface area contributed by atoms with Gasteiger partial charge < -0.3 is 9.64 Å². The summed E-state index contributed by atoms with van der Waals surface area (Å²) in [5.74, 6) is 0.181. The number of carbonyl (C=O) groups is 1. The van der Waals surface area contributed by atoms with Crippen molar-refractivity contribution in [1.82, 2.24) is 4.90 Å². The Hall–Kier alpha value is -1.82. The molecule has 0 radical (unpaired) electrons. The Kier molecular flexibility index (Phi) is 5.96. The summed E-state index contributed by atoms with van der Waals surface area (Å²) < 4.78 is 5.37. The Balaban J connectivity index is 2.73. The monoisotopic (exact) mass is 314 g/mol. The Morgan fingerprint density at radius 1 is 1.33 bits per heavy atom. The van der Waals surface area contributed by atoms with Gasteiger partial charge in [0, 0.05) is 24.2 Å². The van der Waals surface area contributed by atoms with Gasteiger partial charge in [0.1, 0.15) is 10.8 Å². The van der Waals surface area contributed by atoms with Crippen molar-refractivity contribution >= 4 is 23.2 Å². The van der Waals surface area contributed by atoms with E-state index in [-0.39, 0.29) is 35.3 Å². The second kappa shape index (κ2) is 7.26. The zero-order valence-corrected chi connectivity index (χ0v) is 13.3. The van der Waals surface area contributed by atoms with Crippen molar-refractivity contribution in [2.45, 2.75) is 39.8 Å². The van der Waals surface area contributed by atoms with E-state index in [9.17, 15) is 14.9 Å². The molecule has 0 N–H and O–H groups in total. The number of amides is 1. The lowest BCUT2D eigenvalue weighted by Gasteiger charge is -2.30. The maximum Gasteiger partial charge on any atom is 0.288 e. The molecular weight excluding hydrogens is 296 g/mol. The minimum absolute atomic E-state index is 0.0190. The molecule has 0 atom stereocenters. The van der Waals surface area contributed by atoms with Crippen LogP contribution in [0.2, 0.25) is 5.02 Å². The highest BCUT2D eigenvalue weighted by atomic mass is 35.5. The predicted molar refractivity (Wildman–Crippen MR) is 80.7 cm³/mol. The van der Waals surface area contributed by atoms with Crippen LogP contribution in [0.5, 0.6) is 5.75 Å². The van der Waals surface area contributed by atoms with Gasteiger partial charge in [-0.3, -0.25) is 14.9 Å². The van der Waals surface area contributed by atoms with Gasteiger partial charge in [0.2, 0.25) is 0 Å². The van der Waals surface area contributed by atoms with Gasteiger partial charge in [-0.05, 0) is 33.8 Å². The lowest BCUT2D eigenvalue weighted by Crippen LogP contribution is -2.44. The van der Waals surface area contributed by atoms with E-state index in [0.29, 0.717) is 5.75 Å². The maximum absolute atomic E-state index is 12.1. The van der Waals surface area contributed by atoms with E-state index in [1.807, 2.05) is 27.7 Å². The van der Waals surface area contributed by atoms with Crippen LogP contribution in [0.15, 0.2) is 18.2 Å². The molecule has 0 fully saturated rings. The molecule has 0 saturated heterocycles. The minimum Gasteiger partial charge on any atom is -0.484 e. The van der Waals surface area contributed by atoms with E-state index in [1.165, 1.54) is 18.2 Å². The third-order valence-corrected chi connectivity index (χ3v) is 3.18. The second-order valence-electron chi connectivity index (χ2n) is 5.15. The number of halogens is 1. The molecule has 116 valence electrons. The summed E-state index contributed by atoms with van der Waals surface area (Å²) in [4.78, 5) is 23.9. The molecule has 0 bridgehead atoms. The van der Waals surface area contributed by atoms with Crippen molar-refractivity contribution in [1.29, 1.82) is 0 Å². The van der Waals surface area contributed by atoms with Crippen molar-refractivity contribution in [3.05, 3.63) is 33.3 Å². The number of benzene rings is 1. The van der Waals surface area contributed by atoms with Crippen LogP contribution in [0, 0.1) is 10.1 Å². The summed E-state index contributed by atoms with van der Waals surface area (Å²) in [5.41, 5.74) is -0.193. The highest BCUT2D eigenvalue weighted by molar-refractivity contribution is 6.32. The van der Waals surface area contributed by atoms with Crippen LogP contribution >= 0.6 is 11.6 Å². The molecule has 1 rings (SSSR count). The summed E-state index contributed by atoms with van der Waals surface area (Å²) >= 11 is 5.79. The minimum atomic E-state index is -0.573. The third kappa shape index (κ3) is 4.60. The van der Waals surface area contributed by atoms with Crippen molar-refractivity contribution < 1.29 is 14.5 Å². The van der Waals surface area contributed by atoms with Crippen LogP contribution in [0.4, 0.5) is 5.69 Å². The number of nitrogens with zero attached hydrogens (tertiary/aromatic N) is 2. The first-order chi connectivity index (χ1) is 9.73. The zero-order chi connectivity index (χ0) is 16.2. The van der Waals surface area contributed by atoms with E-state index in [1.54, 1.807) is 4.90 Å². The first-order valence-electron chi connectivity index (χ1n) is 6.62. The Bertz CT molecular complexity index is 524. The SMILES string of the molecule is CC(C)N(C(=O)COc1ccc([N+](=O)[O-])c(Cl)c1)C(C)C. The quantitative estimate of drug-likeness (QED) is 0.596. The largest absolute Gasteiger partial charge is 0.484 e. The number of carbonyl (C=O) groups excluding carboxylic acids is 1. The van der Waals surface area contributed by atoms with Crippen LogP contribution in [0.1, 0.15) is 27.7 Å². The summed E-state index contributed by atoms with van der Waals surface area (Å²) in [7, 11) is 0. The van der Waals surface area contributed by atoms with Gasteiger partial charge in [0.25, 0.3) is 11.6 Å². The zero-order valence-electron chi connectivity index (χ0n) is 12.5. The predicted octanol–water partition coefficient (Wildman–Crippen LogP) is 3.27. The summed E-state index contributed by atoms with van der Waals surface area (Å²) in [6.45, 7) is 7.59. The van der Waals surface area contributed by atoms with E-state index in [4.69, 9.17) is 16.3 Å². The van der Waals surface area contributed by atoms with Crippen molar-refractivity contribution in [3.63, 3.8) is 0 Å². The number of rotatable bonds is 6. The third-order valence-electron chi connectivity index (χ3n) is 2.88. The number of hydrogen-bond acceptors (Lipinski definition) is 4. The van der Waals surface area contributed by atoms with Gasteiger partial charge in [0.05, 0.1) is 4.92 Å². The standard InChI is InChI=1S/C14H19ClN2O4/c1-9(2)16(10(3)4)14(18)8-21-11-5-6-13(17(19)20)12(15)7-11/h5-7,9-10H,8H2,1-4H3. The maximum atomic E-state index is 12.1. The number of nitro groups is 1. The molecule has 0 aliphatic heterocycles. The smallest absolute Gasteiger partial charge is 0.288 e. The molecule has 0 unspecified atom stereocenters. The lowest BCUT2D eigenvalue weighted by molar-refractivity contribution is -0.384. The highest BCUT2D eigenvalue weighted by Crippen LogP contribution is 2.28. The average molecular weight is 315 g/mol. The van der Waals surface area contributed by atoms with Crippen molar-refractivity contribution in [2.24, 2.45) is 0 Å². The molecule has 0 spiro atoms. The van der Waals surface area contributed by atoms with Crippen LogP contribution in [0.25, 0.3) is 0 Å².